The normalized spacial score (nSPS) is 10.1. The molecule has 0 bridgehead atoms. The molecule has 0 heterocycles. The second kappa shape index (κ2) is 6.10. The lowest BCUT2D eigenvalue weighted by Crippen LogP contribution is -2.21. The van der Waals surface area contributed by atoms with Gasteiger partial charge < -0.3 is 10.2 Å². The highest BCUT2D eigenvalue weighted by Crippen LogP contribution is 2.19. The molecule has 2 aromatic rings. The van der Waals surface area contributed by atoms with Gasteiger partial charge in [0.1, 0.15) is 0 Å². The fraction of sp³-hybridized carbons (Fsp3) is 0.250. The van der Waals surface area contributed by atoms with E-state index in [2.05, 4.69) is 71.7 Å². The van der Waals surface area contributed by atoms with Crippen LogP contribution in [0.15, 0.2) is 54.6 Å². The van der Waals surface area contributed by atoms with Gasteiger partial charge in [-0.1, -0.05) is 30.3 Å². The van der Waals surface area contributed by atoms with Crippen molar-refractivity contribution in [3.63, 3.8) is 0 Å². The quantitative estimate of drug-likeness (QED) is 0.856. The van der Waals surface area contributed by atoms with Crippen LogP contribution < -0.4 is 10.2 Å². The minimum Gasteiger partial charge on any atom is -0.388 e. The highest BCUT2D eigenvalue weighted by atomic mass is 15.1. The van der Waals surface area contributed by atoms with Gasteiger partial charge in [0.05, 0.1) is 0 Å². The summed E-state index contributed by atoms with van der Waals surface area (Å²) in [4.78, 5) is 2.37. The minimum atomic E-state index is 0.955. The Labute approximate surface area is 109 Å². The van der Waals surface area contributed by atoms with Crippen LogP contribution in [0.3, 0.4) is 0 Å². The second-order valence-electron chi connectivity index (χ2n) is 4.30. The average molecular weight is 240 g/mol. The van der Waals surface area contributed by atoms with Crippen LogP contribution in [0.2, 0.25) is 0 Å². The molecule has 0 saturated carbocycles. The third-order valence-electron chi connectivity index (χ3n) is 3.12. The third-order valence-corrected chi connectivity index (χ3v) is 3.12. The second-order valence-corrected chi connectivity index (χ2v) is 4.30. The van der Waals surface area contributed by atoms with E-state index >= 15 is 0 Å². The molecule has 2 nitrogen and oxygen atoms in total. The first-order valence-corrected chi connectivity index (χ1v) is 6.40. The van der Waals surface area contributed by atoms with Gasteiger partial charge in [-0.25, -0.2) is 0 Å². The lowest BCUT2D eigenvalue weighted by molar-refractivity contribution is 0.832. The molecule has 18 heavy (non-hydrogen) atoms. The third kappa shape index (κ3) is 3.04. The molecule has 0 aliphatic carbocycles. The fourth-order valence-electron chi connectivity index (χ4n) is 2.03. The van der Waals surface area contributed by atoms with Gasteiger partial charge in [0, 0.05) is 31.5 Å². The zero-order valence-corrected chi connectivity index (χ0v) is 11.1. The summed E-state index contributed by atoms with van der Waals surface area (Å²) in [5.41, 5.74) is 3.76. The summed E-state index contributed by atoms with van der Waals surface area (Å²) in [7, 11) is 1.94. The molecule has 0 aliphatic heterocycles. The van der Waals surface area contributed by atoms with Crippen molar-refractivity contribution in [1.82, 2.24) is 0 Å². The summed E-state index contributed by atoms with van der Waals surface area (Å²) in [6, 6.07) is 19.1. The number of hydrogen-bond donors (Lipinski definition) is 1. The first-order chi connectivity index (χ1) is 8.83. The molecule has 2 aromatic carbocycles. The molecule has 0 fully saturated rings. The van der Waals surface area contributed by atoms with Crippen LogP contribution >= 0.6 is 0 Å². The molecule has 0 aliphatic rings. The van der Waals surface area contributed by atoms with E-state index in [1.54, 1.807) is 0 Å². The van der Waals surface area contributed by atoms with Crippen LogP contribution in [0, 0.1) is 0 Å². The van der Waals surface area contributed by atoms with Gasteiger partial charge in [0.2, 0.25) is 0 Å². The SMILES string of the molecule is CCN(Cc1ccccc1)c1ccc(NC)cc1. The Hall–Kier alpha value is -1.96. The zero-order valence-electron chi connectivity index (χ0n) is 11.1. The van der Waals surface area contributed by atoms with Crippen molar-refractivity contribution in [3.8, 4) is 0 Å². The number of hydrogen-bond acceptors (Lipinski definition) is 2. The molecule has 2 heteroatoms. The van der Waals surface area contributed by atoms with Crippen molar-refractivity contribution in [3.05, 3.63) is 60.2 Å². The van der Waals surface area contributed by atoms with Crippen LogP contribution in [0.1, 0.15) is 12.5 Å². The molecular weight excluding hydrogens is 220 g/mol. The first-order valence-electron chi connectivity index (χ1n) is 6.40. The monoisotopic (exact) mass is 240 g/mol. The largest absolute Gasteiger partial charge is 0.388 e. The van der Waals surface area contributed by atoms with E-state index in [-0.39, 0.29) is 0 Å². The van der Waals surface area contributed by atoms with Crippen molar-refractivity contribution < 1.29 is 0 Å². The van der Waals surface area contributed by atoms with E-state index < -0.39 is 0 Å². The summed E-state index contributed by atoms with van der Waals surface area (Å²) < 4.78 is 0. The zero-order chi connectivity index (χ0) is 12.8. The van der Waals surface area contributed by atoms with Gasteiger partial charge in [-0.3, -0.25) is 0 Å². The molecule has 2 rings (SSSR count). The number of nitrogens with one attached hydrogen (secondary N) is 1. The lowest BCUT2D eigenvalue weighted by Gasteiger charge is -2.23. The molecular formula is C16H20N2. The molecule has 0 aromatic heterocycles. The molecule has 94 valence electrons. The molecule has 0 amide bonds. The molecule has 0 saturated heterocycles. The van der Waals surface area contributed by atoms with E-state index in [0.29, 0.717) is 0 Å². The van der Waals surface area contributed by atoms with E-state index in [0.717, 1.165) is 18.8 Å². The minimum absolute atomic E-state index is 0.955. The van der Waals surface area contributed by atoms with E-state index in [1.807, 2.05) is 7.05 Å². The Balaban J connectivity index is 2.12. The van der Waals surface area contributed by atoms with Gasteiger partial charge in [-0.15, -0.1) is 0 Å². The summed E-state index contributed by atoms with van der Waals surface area (Å²) in [6.45, 7) is 4.15. The first kappa shape index (κ1) is 12.5. The number of benzene rings is 2. The summed E-state index contributed by atoms with van der Waals surface area (Å²) in [5.74, 6) is 0. The Morgan fingerprint density at radius 2 is 1.61 bits per heavy atom. The van der Waals surface area contributed by atoms with Crippen molar-refractivity contribution >= 4 is 11.4 Å². The Bertz CT molecular complexity index is 462. The van der Waals surface area contributed by atoms with E-state index in [1.165, 1.54) is 11.3 Å². The highest BCUT2D eigenvalue weighted by molar-refractivity contribution is 5.55. The number of nitrogens with zero attached hydrogens (tertiary/aromatic N) is 1. The molecule has 0 radical (unpaired) electrons. The lowest BCUT2D eigenvalue weighted by atomic mass is 10.2. The van der Waals surface area contributed by atoms with Crippen LogP contribution in [0.4, 0.5) is 11.4 Å². The Morgan fingerprint density at radius 1 is 0.944 bits per heavy atom. The smallest absolute Gasteiger partial charge is 0.0429 e. The van der Waals surface area contributed by atoms with E-state index in [4.69, 9.17) is 0 Å². The van der Waals surface area contributed by atoms with Crippen LogP contribution in [-0.4, -0.2) is 13.6 Å². The standard InChI is InChI=1S/C16H20N2/c1-3-18(13-14-7-5-4-6-8-14)16-11-9-15(17-2)10-12-16/h4-12,17H,3,13H2,1-2H3. The highest BCUT2D eigenvalue weighted by Gasteiger charge is 2.04. The summed E-state index contributed by atoms with van der Waals surface area (Å²) in [5, 5.41) is 3.14. The van der Waals surface area contributed by atoms with Gasteiger partial charge in [0.25, 0.3) is 0 Å². The topological polar surface area (TPSA) is 15.3 Å². The summed E-state index contributed by atoms with van der Waals surface area (Å²) >= 11 is 0. The van der Waals surface area contributed by atoms with Crippen molar-refractivity contribution in [2.75, 3.05) is 23.8 Å². The molecule has 1 N–H and O–H groups in total. The van der Waals surface area contributed by atoms with Gasteiger partial charge in [-0.05, 0) is 36.8 Å². The van der Waals surface area contributed by atoms with Gasteiger partial charge >= 0.3 is 0 Å². The molecule has 0 spiro atoms. The van der Waals surface area contributed by atoms with Gasteiger partial charge in [0.15, 0.2) is 0 Å². The maximum atomic E-state index is 3.14. The van der Waals surface area contributed by atoms with Crippen molar-refractivity contribution in [2.24, 2.45) is 0 Å². The van der Waals surface area contributed by atoms with Crippen LogP contribution in [0.5, 0.6) is 0 Å². The molecule has 0 atom stereocenters. The van der Waals surface area contributed by atoms with Crippen LogP contribution in [-0.2, 0) is 6.54 Å². The number of anilines is 2. The molecule has 0 unspecified atom stereocenters. The Kier molecular flexibility index (Phi) is 4.24. The van der Waals surface area contributed by atoms with Crippen molar-refractivity contribution in [1.29, 1.82) is 0 Å². The predicted molar refractivity (Wildman–Crippen MR) is 79.2 cm³/mol. The van der Waals surface area contributed by atoms with Crippen LogP contribution in [0.25, 0.3) is 0 Å². The predicted octanol–water partition coefficient (Wildman–Crippen LogP) is 3.75. The number of rotatable bonds is 5. The van der Waals surface area contributed by atoms with Gasteiger partial charge in [-0.2, -0.15) is 0 Å². The maximum absolute atomic E-state index is 3.14. The fourth-order valence-corrected chi connectivity index (χ4v) is 2.03. The Morgan fingerprint density at radius 3 is 2.17 bits per heavy atom. The summed E-state index contributed by atoms with van der Waals surface area (Å²) in [6.07, 6.45) is 0. The maximum Gasteiger partial charge on any atom is 0.0429 e. The van der Waals surface area contributed by atoms with E-state index in [9.17, 15) is 0 Å². The van der Waals surface area contributed by atoms with Crippen molar-refractivity contribution in [2.45, 2.75) is 13.5 Å². The average Bonchev–Trinajstić information content (AvgIpc) is 2.46.